The highest BCUT2D eigenvalue weighted by Crippen LogP contribution is 2.34. The van der Waals surface area contributed by atoms with Gasteiger partial charge in [0.15, 0.2) is 11.6 Å². The molecule has 3 rings (SSSR count). The molecule has 2 heterocycles. The lowest BCUT2D eigenvalue weighted by atomic mass is 9.88. The summed E-state index contributed by atoms with van der Waals surface area (Å²) in [7, 11) is 0. The van der Waals surface area contributed by atoms with Gasteiger partial charge in [0.1, 0.15) is 5.60 Å². The maximum atomic E-state index is 13.4. The molecule has 2 N–H and O–H groups in total. The second-order valence-corrected chi connectivity index (χ2v) is 8.86. The van der Waals surface area contributed by atoms with Crippen molar-refractivity contribution in [3.8, 4) is 0 Å². The zero-order valence-electron chi connectivity index (χ0n) is 17.8. The van der Waals surface area contributed by atoms with Crippen LogP contribution >= 0.6 is 0 Å². The second-order valence-electron chi connectivity index (χ2n) is 8.86. The van der Waals surface area contributed by atoms with Crippen molar-refractivity contribution in [2.75, 3.05) is 19.6 Å². The van der Waals surface area contributed by atoms with Gasteiger partial charge in [-0.05, 0) is 17.7 Å². The van der Waals surface area contributed by atoms with Crippen LogP contribution in [0.3, 0.4) is 0 Å². The van der Waals surface area contributed by atoms with Gasteiger partial charge in [-0.15, -0.1) is 0 Å². The summed E-state index contributed by atoms with van der Waals surface area (Å²) >= 11 is 0. The van der Waals surface area contributed by atoms with Gasteiger partial charge in [0.05, 0.1) is 18.4 Å². The summed E-state index contributed by atoms with van der Waals surface area (Å²) < 4.78 is 32.1. The Morgan fingerprint density at radius 2 is 1.84 bits per heavy atom. The van der Waals surface area contributed by atoms with Gasteiger partial charge >= 0.3 is 18.1 Å². The largest absolute Gasteiger partial charge is 0.481 e. The van der Waals surface area contributed by atoms with Gasteiger partial charge in [0.2, 0.25) is 5.91 Å². The molecule has 2 aliphatic rings. The van der Waals surface area contributed by atoms with E-state index in [9.17, 15) is 28.0 Å². The monoisotopic (exact) mass is 453 g/mol. The number of amides is 4. The van der Waals surface area contributed by atoms with E-state index in [2.05, 4.69) is 5.32 Å². The third kappa shape index (κ3) is 5.14. The number of urea groups is 1. The molecule has 9 nitrogen and oxygen atoms in total. The molecule has 174 valence electrons. The van der Waals surface area contributed by atoms with Crippen LogP contribution in [0.2, 0.25) is 0 Å². The SMILES string of the molecule is CC(C)(CC(=O)O)C(=O)NC(=O)N1CCC2(CC1)CN(Cc1ccc(F)c(F)c1)C(=O)O2. The Hall–Kier alpha value is -3.24. The summed E-state index contributed by atoms with van der Waals surface area (Å²) in [4.78, 5) is 50.7. The summed E-state index contributed by atoms with van der Waals surface area (Å²) in [5.74, 6) is -3.79. The van der Waals surface area contributed by atoms with Crippen LogP contribution in [-0.2, 0) is 20.9 Å². The van der Waals surface area contributed by atoms with Crippen LogP contribution in [0.5, 0.6) is 0 Å². The highest BCUT2D eigenvalue weighted by atomic mass is 19.2. The topological polar surface area (TPSA) is 116 Å². The van der Waals surface area contributed by atoms with Crippen molar-refractivity contribution in [3.05, 3.63) is 35.4 Å². The third-order valence-corrected chi connectivity index (χ3v) is 5.79. The number of carboxylic acid groups (broad SMARTS) is 1. The standard InChI is InChI=1S/C21H25F2N3O6/c1-20(2,10-16(27)28)17(29)24-18(30)25-7-5-21(6-8-25)12-26(19(31)32-21)11-13-3-4-14(22)15(23)9-13/h3-4,9H,5-8,10-12H2,1-2H3,(H,27,28)(H,24,29,30). The van der Waals surface area contributed by atoms with E-state index in [1.165, 1.54) is 29.7 Å². The molecular formula is C21H25F2N3O6. The number of likely N-dealkylation sites (tertiary alicyclic amines) is 1. The van der Waals surface area contributed by atoms with E-state index in [0.29, 0.717) is 18.4 Å². The number of benzene rings is 1. The highest BCUT2D eigenvalue weighted by Gasteiger charge is 2.47. The highest BCUT2D eigenvalue weighted by molar-refractivity contribution is 5.98. The lowest BCUT2D eigenvalue weighted by Gasteiger charge is -2.37. The van der Waals surface area contributed by atoms with E-state index < -0.39 is 53.1 Å². The van der Waals surface area contributed by atoms with E-state index in [4.69, 9.17) is 9.84 Å². The fraction of sp³-hybridized carbons (Fsp3) is 0.524. The molecule has 0 atom stereocenters. The molecular weight excluding hydrogens is 428 g/mol. The Morgan fingerprint density at radius 3 is 2.44 bits per heavy atom. The van der Waals surface area contributed by atoms with Crippen molar-refractivity contribution in [2.45, 2.75) is 45.3 Å². The number of ether oxygens (including phenoxy) is 1. The molecule has 2 aliphatic heterocycles. The molecule has 0 aromatic heterocycles. The van der Waals surface area contributed by atoms with Crippen LogP contribution in [-0.4, -0.2) is 64.1 Å². The number of carboxylic acids is 1. The van der Waals surface area contributed by atoms with E-state index in [1.54, 1.807) is 0 Å². The Kier molecular flexibility index (Phi) is 6.38. The number of hydrogen-bond acceptors (Lipinski definition) is 5. The quantitative estimate of drug-likeness (QED) is 0.708. The number of nitrogens with zero attached hydrogens (tertiary/aromatic N) is 2. The molecule has 0 saturated carbocycles. The molecule has 1 aromatic carbocycles. The van der Waals surface area contributed by atoms with E-state index in [1.807, 2.05) is 0 Å². The molecule has 0 aliphatic carbocycles. The maximum Gasteiger partial charge on any atom is 0.410 e. The number of nitrogens with one attached hydrogen (secondary N) is 1. The first-order chi connectivity index (χ1) is 14.9. The van der Waals surface area contributed by atoms with Crippen molar-refractivity contribution in [1.29, 1.82) is 0 Å². The van der Waals surface area contributed by atoms with E-state index in [-0.39, 0.29) is 26.2 Å². The minimum absolute atomic E-state index is 0.0646. The van der Waals surface area contributed by atoms with Gasteiger partial charge in [-0.1, -0.05) is 19.9 Å². The molecule has 2 fully saturated rings. The van der Waals surface area contributed by atoms with Gasteiger partial charge in [-0.25, -0.2) is 18.4 Å². The number of piperidine rings is 1. The summed E-state index contributed by atoms with van der Waals surface area (Å²) in [5, 5.41) is 11.1. The summed E-state index contributed by atoms with van der Waals surface area (Å²) in [6.07, 6.45) is -0.308. The van der Waals surface area contributed by atoms with Gasteiger partial charge in [0, 0.05) is 32.5 Å². The van der Waals surface area contributed by atoms with Crippen molar-refractivity contribution >= 4 is 24.0 Å². The van der Waals surface area contributed by atoms with Gasteiger partial charge in [0.25, 0.3) is 0 Å². The second kappa shape index (κ2) is 8.71. The van der Waals surface area contributed by atoms with Crippen LogP contribution in [0.15, 0.2) is 18.2 Å². The molecule has 32 heavy (non-hydrogen) atoms. The van der Waals surface area contributed by atoms with Gasteiger partial charge in [-0.2, -0.15) is 0 Å². The predicted molar refractivity (Wildman–Crippen MR) is 106 cm³/mol. The fourth-order valence-corrected chi connectivity index (χ4v) is 3.85. The summed E-state index contributed by atoms with van der Waals surface area (Å²) in [6.45, 7) is 3.64. The van der Waals surface area contributed by atoms with Gasteiger partial charge < -0.3 is 14.7 Å². The van der Waals surface area contributed by atoms with Crippen molar-refractivity contribution in [3.63, 3.8) is 0 Å². The Balaban J connectivity index is 1.55. The lowest BCUT2D eigenvalue weighted by molar-refractivity contribution is -0.143. The molecule has 1 spiro atoms. The first kappa shape index (κ1) is 23.4. The first-order valence-electron chi connectivity index (χ1n) is 10.1. The minimum Gasteiger partial charge on any atom is -0.481 e. The van der Waals surface area contributed by atoms with E-state index >= 15 is 0 Å². The van der Waals surface area contributed by atoms with Crippen molar-refractivity contribution in [2.24, 2.45) is 5.41 Å². The number of aliphatic carboxylic acids is 1. The van der Waals surface area contributed by atoms with Crippen LogP contribution in [0.1, 0.15) is 38.7 Å². The zero-order valence-corrected chi connectivity index (χ0v) is 17.8. The zero-order chi connectivity index (χ0) is 23.7. The predicted octanol–water partition coefficient (Wildman–Crippen LogP) is 2.49. The van der Waals surface area contributed by atoms with Crippen LogP contribution < -0.4 is 5.32 Å². The Morgan fingerprint density at radius 1 is 1.19 bits per heavy atom. The maximum absolute atomic E-state index is 13.4. The van der Waals surface area contributed by atoms with E-state index in [0.717, 1.165) is 12.1 Å². The van der Waals surface area contributed by atoms with Crippen molar-refractivity contribution < 1.29 is 37.8 Å². The number of rotatable bonds is 5. The normalized spacial score (nSPS) is 17.9. The molecule has 11 heteroatoms. The van der Waals surface area contributed by atoms with Crippen LogP contribution in [0.4, 0.5) is 18.4 Å². The van der Waals surface area contributed by atoms with Crippen molar-refractivity contribution in [1.82, 2.24) is 15.1 Å². The molecule has 0 radical (unpaired) electrons. The smallest absolute Gasteiger partial charge is 0.410 e. The average molecular weight is 453 g/mol. The Labute approximate surface area is 183 Å². The van der Waals surface area contributed by atoms with Crippen LogP contribution in [0, 0.1) is 17.0 Å². The minimum atomic E-state index is -1.25. The molecule has 0 bridgehead atoms. The Bertz CT molecular complexity index is 943. The molecule has 0 unspecified atom stereocenters. The molecule has 2 saturated heterocycles. The summed E-state index contributed by atoms with van der Waals surface area (Å²) in [6, 6.07) is 2.79. The third-order valence-electron chi connectivity index (χ3n) is 5.79. The summed E-state index contributed by atoms with van der Waals surface area (Å²) in [5.41, 5.74) is -1.63. The fourth-order valence-electron chi connectivity index (χ4n) is 3.85. The number of halogens is 2. The average Bonchev–Trinajstić information content (AvgIpc) is 2.98. The number of imide groups is 1. The molecule has 1 aromatic rings. The van der Waals surface area contributed by atoms with Gasteiger partial charge in [-0.3, -0.25) is 19.8 Å². The number of hydrogen-bond donors (Lipinski definition) is 2. The number of carbonyl (C=O) groups is 4. The number of carbonyl (C=O) groups excluding carboxylic acids is 3. The lowest BCUT2D eigenvalue weighted by Crippen LogP contribution is -2.53. The molecule has 4 amide bonds. The van der Waals surface area contributed by atoms with Crippen LogP contribution in [0.25, 0.3) is 0 Å². The first-order valence-corrected chi connectivity index (χ1v) is 10.1.